The van der Waals surface area contributed by atoms with Crippen LogP contribution >= 0.6 is 23.4 Å². The van der Waals surface area contributed by atoms with E-state index in [0.717, 1.165) is 22.3 Å². The molecule has 0 bridgehead atoms. The SMILES string of the molecule is Cc1ccc(NC(=O)C(C)Sc2nc3ccccc3n2-c2ccc(O)cc2)c(Cl)c1. The fourth-order valence-corrected chi connectivity index (χ4v) is 4.33. The summed E-state index contributed by atoms with van der Waals surface area (Å²) in [7, 11) is 0. The molecule has 0 saturated carbocycles. The standard InChI is InChI=1S/C23H20ClN3O2S/c1-14-7-12-19(18(24)13-14)25-22(29)15(2)30-23-26-20-5-3-4-6-21(20)27(23)16-8-10-17(28)11-9-16/h3-13,15,28H,1-2H3,(H,25,29). The van der Waals surface area contributed by atoms with E-state index < -0.39 is 5.25 Å². The van der Waals surface area contributed by atoms with Gasteiger partial charge in [0, 0.05) is 5.69 Å². The Labute approximate surface area is 183 Å². The molecule has 0 spiro atoms. The zero-order chi connectivity index (χ0) is 21.3. The molecule has 4 rings (SSSR count). The lowest BCUT2D eigenvalue weighted by molar-refractivity contribution is -0.115. The van der Waals surface area contributed by atoms with Crippen LogP contribution in [-0.2, 0) is 4.79 Å². The van der Waals surface area contributed by atoms with Crippen molar-refractivity contribution in [1.29, 1.82) is 0 Å². The molecular formula is C23H20ClN3O2S. The summed E-state index contributed by atoms with van der Waals surface area (Å²) < 4.78 is 1.99. The minimum absolute atomic E-state index is 0.157. The summed E-state index contributed by atoms with van der Waals surface area (Å²) in [6.07, 6.45) is 0. The van der Waals surface area contributed by atoms with Crippen molar-refractivity contribution in [3.05, 3.63) is 77.3 Å². The second kappa shape index (κ2) is 8.42. The topological polar surface area (TPSA) is 67.2 Å². The van der Waals surface area contributed by atoms with Crippen molar-refractivity contribution >= 4 is 46.0 Å². The molecule has 152 valence electrons. The molecule has 4 aromatic rings. The zero-order valence-corrected chi connectivity index (χ0v) is 18.0. The quantitative estimate of drug-likeness (QED) is 0.386. The van der Waals surface area contributed by atoms with Gasteiger partial charge in [0.15, 0.2) is 5.16 Å². The number of aromatic hydroxyl groups is 1. The maximum atomic E-state index is 12.8. The summed E-state index contributed by atoms with van der Waals surface area (Å²) in [6.45, 7) is 3.78. The predicted molar refractivity (Wildman–Crippen MR) is 123 cm³/mol. The van der Waals surface area contributed by atoms with Crippen molar-refractivity contribution in [3.8, 4) is 11.4 Å². The predicted octanol–water partition coefficient (Wildman–Crippen LogP) is 5.81. The number of para-hydroxylation sites is 2. The van der Waals surface area contributed by atoms with Gasteiger partial charge in [-0.15, -0.1) is 0 Å². The summed E-state index contributed by atoms with van der Waals surface area (Å²) in [6, 6.07) is 20.2. The lowest BCUT2D eigenvalue weighted by Gasteiger charge is -2.14. The molecule has 1 aromatic heterocycles. The Bertz CT molecular complexity index is 1220. The highest BCUT2D eigenvalue weighted by Gasteiger charge is 2.21. The van der Waals surface area contributed by atoms with Gasteiger partial charge in [-0.3, -0.25) is 9.36 Å². The third kappa shape index (κ3) is 4.15. The minimum Gasteiger partial charge on any atom is -0.508 e. The van der Waals surface area contributed by atoms with E-state index >= 15 is 0 Å². The number of carbonyl (C=O) groups is 1. The molecule has 2 N–H and O–H groups in total. The van der Waals surface area contributed by atoms with Crippen molar-refractivity contribution in [2.75, 3.05) is 5.32 Å². The maximum Gasteiger partial charge on any atom is 0.237 e. The number of phenolic OH excluding ortho intramolecular Hbond substituents is 1. The van der Waals surface area contributed by atoms with Gasteiger partial charge in [0.25, 0.3) is 0 Å². The summed E-state index contributed by atoms with van der Waals surface area (Å²) in [5.74, 6) is 0.0372. The maximum absolute atomic E-state index is 12.8. The molecule has 1 unspecified atom stereocenters. The third-order valence-electron chi connectivity index (χ3n) is 4.67. The Kier molecular flexibility index (Phi) is 5.70. The van der Waals surface area contributed by atoms with Gasteiger partial charge in [0.2, 0.25) is 5.91 Å². The Morgan fingerprint density at radius 2 is 1.87 bits per heavy atom. The summed E-state index contributed by atoms with van der Waals surface area (Å²) in [4.78, 5) is 17.5. The lowest BCUT2D eigenvalue weighted by atomic mass is 10.2. The zero-order valence-electron chi connectivity index (χ0n) is 16.5. The highest BCUT2D eigenvalue weighted by molar-refractivity contribution is 8.00. The molecular weight excluding hydrogens is 418 g/mol. The number of imidazole rings is 1. The van der Waals surface area contributed by atoms with Crippen molar-refractivity contribution in [3.63, 3.8) is 0 Å². The first kappa shape index (κ1) is 20.3. The first-order valence-electron chi connectivity index (χ1n) is 9.43. The van der Waals surface area contributed by atoms with E-state index in [4.69, 9.17) is 16.6 Å². The van der Waals surface area contributed by atoms with Gasteiger partial charge >= 0.3 is 0 Å². The Morgan fingerprint density at radius 1 is 1.13 bits per heavy atom. The van der Waals surface area contributed by atoms with Gasteiger partial charge in [-0.2, -0.15) is 0 Å². The Balaban J connectivity index is 1.63. The van der Waals surface area contributed by atoms with Crippen LogP contribution in [0.2, 0.25) is 5.02 Å². The minimum atomic E-state index is -0.407. The van der Waals surface area contributed by atoms with Crippen molar-refractivity contribution in [1.82, 2.24) is 9.55 Å². The van der Waals surface area contributed by atoms with Crippen molar-refractivity contribution in [2.24, 2.45) is 0 Å². The monoisotopic (exact) mass is 437 g/mol. The second-order valence-electron chi connectivity index (χ2n) is 6.97. The molecule has 0 aliphatic rings. The van der Waals surface area contributed by atoms with Gasteiger partial charge in [0.05, 0.1) is 27.0 Å². The van der Waals surface area contributed by atoms with Gasteiger partial charge in [-0.05, 0) is 67.9 Å². The molecule has 1 atom stereocenters. The van der Waals surface area contributed by atoms with Crippen LogP contribution in [-0.4, -0.2) is 25.8 Å². The number of anilines is 1. The molecule has 1 heterocycles. The summed E-state index contributed by atoms with van der Waals surface area (Å²) in [5.41, 5.74) is 4.25. The average molecular weight is 438 g/mol. The second-order valence-corrected chi connectivity index (χ2v) is 8.68. The van der Waals surface area contributed by atoms with Crippen molar-refractivity contribution in [2.45, 2.75) is 24.3 Å². The van der Waals surface area contributed by atoms with E-state index in [1.165, 1.54) is 11.8 Å². The number of phenols is 1. The van der Waals surface area contributed by atoms with Crippen LogP contribution in [0.25, 0.3) is 16.7 Å². The molecule has 0 radical (unpaired) electrons. The summed E-state index contributed by atoms with van der Waals surface area (Å²) >= 11 is 7.62. The third-order valence-corrected chi connectivity index (χ3v) is 6.04. The van der Waals surface area contributed by atoms with Crippen LogP contribution < -0.4 is 5.32 Å². The van der Waals surface area contributed by atoms with Gasteiger partial charge < -0.3 is 10.4 Å². The number of rotatable bonds is 5. The molecule has 30 heavy (non-hydrogen) atoms. The molecule has 5 nitrogen and oxygen atoms in total. The normalized spacial score (nSPS) is 12.1. The first-order chi connectivity index (χ1) is 14.4. The van der Waals surface area contributed by atoms with Crippen LogP contribution in [0.4, 0.5) is 5.69 Å². The molecule has 0 aliphatic carbocycles. The largest absolute Gasteiger partial charge is 0.508 e. The number of amides is 1. The van der Waals surface area contributed by atoms with Gasteiger partial charge in [-0.1, -0.05) is 41.6 Å². The van der Waals surface area contributed by atoms with E-state index in [2.05, 4.69) is 5.32 Å². The van der Waals surface area contributed by atoms with E-state index in [1.54, 1.807) is 18.2 Å². The number of fused-ring (bicyclic) bond motifs is 1. The Hall–Kier alpha value is -2.96. The number of nitrogens with zero attached hydrogens (tertiary/aromatic N) is 2. The Morgan fingerprint density at radius 3 is 2.60 bits per heavy atom. The van der Waals surface area contributed by atoms with Gasteiger partial charge in [-0.25, -0.2) is 4.98 Å². The van der Waals surface area contributed by atoms with Crippen molar-refractivity contribution < 1.29 is 9.90 Å². The van der Waals surface area contributed by atoms with E-state index in [9.17, 15) is 9.90 Å². The fraction of sp³-hybridized carbons (Fsp3) is 0.130. The molecule has 0 saturated heterocycles. The highest BCUT2D eigenvalue weighted by atomic mass is 35.5. The molecule has 0 fully saturated rings. The van der Waals surface area contributed by atoms with E-state index in [1.807, 2.05) is 66.9 Å². The summed E-state index contributed by atoms with van der Waals surface area (Å²) in [5, 5.41) is 13.3. The highest BCUT2D eigenvalue weighted by Crippen LogP contribution is 2.32. The lowest BCUT2D eigenvalue weighted by Crippen LogP contribution is -2.23. The fourth-order valence-electron chi connectivity index (χ4n) is 3.10. The molecule has 7 heteroatoms. The number of halogens is 1. The van der Waals surface area contributed by atoms with Crippen LogP contribution in [0, 0.1) is 6.92 Å². The van der Waals surface area contributed by atoms with Crippen LogP contribution in [0.3, 0.4) is 0 Å². The molecule has 1 amide bonds. The number of aromatic nitrogens is 2. The number of carbonyl (C=O) groups excluding carboxylic acids is 1. The average Bonchev–Trinajstić information content (AvgIpc) is 3.08. The van der Waals surface area contributed by atoms with Crippen LogP contribution in [0.15, 0.2) is 71.9 Å². The number of hydrogen-bond donors (Lipinski definition) is 2. The molecule has 0 aliphatic heterocycles. The number of hydrogen-bond acceptors (Lipinski definition) is 4. The molecule has 3 aromatic carbocycles. The van der Waals surface area contributed by atoms with Gasteiger partial charge in [0.1, 0.15) is 5.75 Å². The smallest absolute Gasteiger partial charge is 0.237 e. The van der Waals surface area contributed by atoms with E-state index in [0.29, 0.717) is 15.9 Å². The number of aryl methyl sites for hydroxylation is 1. The van der Waals surface area contributed by atoms with E-state index in [-0.39, 0.29) is 11.7 Å². The number of benzene rings is 3. The first-order valence-corrected chi connectivity index (χ1v) is 10.7. The number of thioether (sulfide) groups is 1. The van der Waals surface area contributed by atoms with Crippen LogP contribution in [0.1, 0.15) is 12.5 Å². The number of nitrogens with one attached hydrogen (secondary N) is 1. The van der Waals surface area contributed by atoms with Crippen LogP contribution in [0.5, 0.6) is 5.75 Å².